The molecule has 2 aromatic rings. The second-order valence-electron chi connectivity index (χ2n) is 8.43. The molecule has 0 bridgehead atoms. The van der Waals surface area contributed by atoms with E-state index in [1.165, 1.54) is 6.07 Å². The predicted octanol–water partition coefficient (Wildman–Crippen LogP) is 3.80. The van der Waals surface area contributed by atoms with E-state index in [-0.39, 0.29) is 24.1 Å². The van der Waals surface area contributed by atoms with E-state index in [2.05, 4.69) is 10.2 Å². The smallest absolute Gasteiger partial charge is 0.321 e. The Morgan fingerprint density at radius 1 is 1.00 bits per heavy atom. The van der Waals surface area contributed by atoms with E-state index in [1.54, 1.807) is 24.1 Å². The molecular weight excluding hydrogens is 411 g/mol. The van der Waals surface area contributed by atoms with Crippen LogP contribution in [0.15, 0.2) is 42.5 Å². The van der Waals surface area contributed by atoms with Gasteiger partial charge in [0.25, 0.3) is 0 Å². The van der Waals surface area contributed by atoms with Gasteiger partial charge in [-0.25, -0.2) is 9.18 Å². The third kappa shape index (κ3) is 5.07. The minimum atomic E-state index is -0.339. The summed E-state index contributed by atoms with van der Waals surface area (Å²) in [5.41, 5.74) is 2.11. The van der Waals surface area contributed by atoms with E-state index in [4.69, 9.17) is 9.47 Å². The van der Waals surface area contributed by atoms with Gasteiger partial charge >= 0.3 is 6.03 Å². The highest BCUT2D eigenvalue weighted by molar-refractivity contribution is 5.89. The van der Waals surface area contributed by atoms with Crippen LogP contribution in [0.25, 0.3) is 0 Å². The molecular formula is C24H31FN4O3. The van der Waals surface area contributed by atoms with Crippen LogP contribution in [-0.2, 0) is 4.74 Å². The maximum absolute atomic E-state index is 14.8. The average molecular weight is 443 g/mol. The molecule has 2 heterocycles. The number of ether oxygens (including phenoxy) is 2. The molecule has 0 aromatic heterocycles. The van der Waals surface area contributed by atoms with Crippen molar-refractivity contribution in [3.05, 3.63) is 48.3 Å². The first kappa shape index (κ1) is 22.2. The van der Waals surface area contributed by atoms with Crippen molar-refractivity contribution in [3.8, 4) is 5.75 Å². The Morgan fingerprint density at radius 2 is 1.66 bits per heavy atom. The van der Waals surface area contributed by atoms with Crippen LogP contribution in [-0.4, -0.2) is 69.5 Å². The fourth-order valence-electron chi connectivity index (χ4n) is 4.38. The lowest BCUT2D eigenvalue weighted by atomic mass is 10.2. The van der Waals surface area contributed by atoms with Crippen molar-refractivity contribution >= 4 is 23.1 Å². The Balaban J connectivity index is 1.32. The maximum atomic E-state index is 14.8. The summed E-state index contributed by atoms with van der Waals surface area (Å²) < 4.78 is 25.7. The van der Waals surface area contributed by atoms with Crippen LogP contribution in [0.4, 0.5) is 26.2 Å². The molecule has 2 amide bonds. The Labute approximate surface area is 188 Å². The van der Waals surface area contributed by atoms with Crippen molar-refractivity contribution in [1.82, 2.24) is 4.90 Å². The number of carbonyl (C=O) groups excluding carboxylic acids is 1. The molecule has 0 saturated carbocycles. The van der Waals surface area contributed by atoms with Gasteiger partial charge in [-0.3, -0.25) is 0 Å². The molecule has 2 aromatic carbocycles. The molecule has 8 heteroatoms. The van der Waals surface area contributed by atoms with E-state index in [9.17, 15) is 9.18 Å². The van der Waals surface area contributed by atoms with Gasteiger partial charge in [0.2, 0.25) is 0 Å². The fraction of sp³-hybridized carbons (Fsp3) is 0.458. The van der Waals surface area contributed by atoms with Crippen LogP contribution in [0, 0.1) is 5.82 Å². The number of morpholine rings is 1. The third-order valence-electron chi connectivity index (χ3n) is 5.96. The van der Waals surface area contributed by atoms with Crippen LogP contribution in [0.5, 0.6) is 5.75 Å². The number of nitrogens with one attached hydrogen (secondary N) is 1. The van der Waals surface area contributed by atoms with Crippen molar-refractivity contribution in [1.29, 1.82) is 0 Å². The third-order valence-corrected chi connectivity index (χ3v) is 5.96. The zero-order chi connectivity index (χ0) is 22.7. The molecule has 2 saturated heterocycles. The number of rotatable bonds is 4. The lowest BCUT2D eigenvalue weighted by Gasteiger charge is -2.37. The Hall–Kier alpha value is -3.00. The highest BCUT2D eigenvalue weighted by Crippen LogP contribution is 2.26. The van der Waals surface area contributed by atoms with Gasteiger partial charge in [-0.05, 0) is 56.3 Å². The number of methoxy groups -OCH3 is 1. The normalized spacial score (nSPS) is 21.4. The van der Waals surface area contributed by atoms with Crippen molar-refractivity contribution in [3.63, 3.8) is 0 Å². The minimum Gasteiger partial charge on any atom is -0.497 e. The topological polar surface area (TPSA) is 57.3 Å². The van der Waals surface area contributed by atoms with Gasteiger partial charge in [-0.1, -0.05) is 0 Å². The molecule has 32 heavy (non-hydrogen) atoms. The summed E-state index contributed by atoms with van der Waals surface area (Å²) in [6.07, 6.45) is 0.100. The fourth-order valence-corrected chi connectivity index (χ4v) is 4.38. The van der Waals surface area contributed by atoms with Gasteiger partial charge in [-0.15, -0.1) is 0 Å². The molecule has 2 aliphatic heterocycles. The van der Waals surface area contributed by atoms with E-state index in [0.29, 0.717) is 37.6 Å². The van der Waals surface area contributed by atoms with Crippen molar-refractivity contribution < 1.29 is 18.7 Å². The number of nitrogens with zero attached hydrogens (tertiary/aromatic N) is 3. The number of carbonyl (C=O) groups is 1. The number of hydrogen-bond donors (Lipinski definition) is 1. The molecule has 4 rings (SSSR count). The number of halogens is 1. The van der Waals surface area contributed by atoms with Crippen LogP contribution in [0.3, 0.4) is 0 Å². The second kappa shape index (κ2) is 9.65. The molecule has 0 spiro atoms. The lowest BCUT2D eigenvalue weighted by molar-refractivity contribution is -0.00539. The summed E-state index contributed by atoms with van der Waals surface area (Å²) in [6.45, 7) is 7.94. The first-order valence-electron chi connectivity index (χ1n) is 11.1. The van der Waals surface area contributed by atoms with E-state index < -0.39 is 0 Å². The van der Waals surface area contributed by atoms with Crippen LogP contribution >= 0.6 is 0 Å². The number of amides is 2. The first-order valence-corrected chi connectivity index (χ1v) is 11.1. The molecule has 2 fully saturated rings. The number of hydrogen-bond acceptors (Lipinski definition) is 5. The molecule has 2 atom stereocenters. The zero-order valence-electron chi connectivity index (χ0n) is 18.9. The monoisotopic (exact) mass is 442 g/mol. The number of benzene rings is 2. The summed E-state index contributed by atoms with van der Waals surface area (Å²) in [6, 6.07) is 12.6. The largest absolute Gasteiger partial charge is 0.497 e. The van der Waals surface area contributed by atoms with Gasteiger partial charge in [0.15, 0.2) is 0 Å². The Bertz CT molecular complexity index is 921. The number of piperazine rings is 1. The Kier molecular flexibility index (Phi) is 6.69. The summed E-state index contributed by atoms with van der Waals surface area (Å²) in [5.74, 6) is 0.482. The maximum Gasteiger partial charge on any atom is 0.321 e. The second-order valence-corrected chi connectivity index (χ2v) is 8.43. The molecule has 0 radical (unpaired) electrons. The summed E-state index contributed by atoms with van der Waals surface area (Å²) in [4.78, 5) is 18.7. The highest BCUT2D eigenvalue weighted by Gasteiger charge is 2.25. The van der Waals surface area contributed by atoms with E-state index in [1.807, 2.05) is 43.0 Å². The van der Waals surface area contributed by atoms with E-state index >= 15 is 0 Å². The van der Waals surface area contributed by atoms with E-state index in [0.717, 1.165) is 24.5 Å². The highest BCUT2D eigenvalue weighted by atomic mass is 19.1. The van der Waals surface area contributed by atoms with Crippen molar-refractivity contribution in [2.24, 2.45) is 0 Å². The number of urea groups is 1. The summed E-state index contributed by atoms with van der Waals surface area (Å²) in [7, 11) is 1.65. The molecule has 2 unspecified atom stereocenters. The summed E-state index contributed by atoms with van der Waals surface area (Å²) in [5, 5.41) is 2.84. The molecule has 0 aliphatic carbocycles. The van der Waals surface area contributed by atoms with Crippen LogP contribution < -0.4 is 19.9 Å². The van der Waals surface area contributed by atoms with Gasteiger partial charge in [0, 0.05) is 50.6 Å². The van der Waals surface area contributed by atoms with Crippen LogP contribution in [0.2, 0.25) is 0 Å². The van der Waals surface area contributed by atoms with Gasteiger partial charge in [0.1, 0.15) is 11.6 Å². The molecule has 7 nitrogen and oxygen atoms in total. The predicted molar refractivity (Wildman–Crippen MR) is 124 cm³/mol. The first-order chi connectivity index (χ1) is 15.4. The average Bonchev–Trinajstić information content (AvgIpc) is 2.78. The quantitative estimate of drug-likeness (QED) is 0.781. The lowest BCUT2D eigenvalue weighted by Crippen LogP contribution is -2.50. The zero-order valence-corrected chi connectivity index (χ0v) is 18.9. The number of anilines is 3. The standard InChI is InChI=1S/C24H31FN4O3/c1-17-15-29(16-18(2)32-17)23-9-4-19(14-22(23)25)26-24(30)28-12-10-27(11-13-28)20-5-7-21(31-3)8-6-20/h4-9,14,17-18H,10-13,15-16H2,1-3H3,(H,26,30). The van der Waals surface area contributed by atoms with Crippen molar-refractivity contribution in [2.45, 2.75) is 26.1 Å². The van der Waals surface area contributed by atoms with Gasteiger partial charge < -0.3 is 29.5 Å². The molecule has 2 aliphatic rings. The van der Waals surface area contributed by atoms with Gasteiger partial charge in [0.05, 0.1) is 25.0 Å². The minimum absolute atomic E-state index is 0.0501. The van der Waals surface area contributed by atoms with Gasteiger partial charge in [-0.2, -0.15) is 0 Å². The van der Waals surface area contributed by atoms with Crippen molar-refractivity contribution in [2.75, 3.05) is 61.5 Å². The van der Waals surface area contributed by atoms with Crippen LogP contribution in [0.1, 0.15) is 13.8 Å². The molecule has 172 valence electrons. The Morgan fingerprint density at radius 3 is 2.25 bits per heavy atom. The molecule has 1 N–H and O–H groups in total. The summed E-state index contributed by atoms with van der Waals surface area (Å²) >= 11 is 0. The SMILES string of the molecule is COc1ccc(N2CCN(C(=O)Nc3ccc(N4CC(C)OC(C)C4)c(F)c3)CC2)cc1.